The van der Waals surface area contributed by atoms with E-state index in [-0.39, 0.29) is 0 Å². The fraction of sp³-hybridized carbons (Fsp3) is 0.400. The Balaban J connectivity index is 1.57. The molecule has 1 aromatic carbocycles. The van der Waals surface area contributed by atoms with Crippen LogP contribution in [0.3, 0.4) is 0 Å². The third kappa shape index (κ3) is 4.87. The second kappa shape index (κ2) is 8.74. The molecule has 1 fully saturated rings. The van der Waals surface area contributed by atoms with Crippen molar-refractivity contribution >= 4 is 11.9 Å². The van der Waals surface area contributed by atoms with E-state index in [9.17, 15) is 0 Å². The molecule has 25 heavy (non-hydrogen) atoms. The molecule has 5 heteroatoms. The first-order valence-electron chi connectivity index (χ1n) is 8.75. The van der Waals surface area contributed by atoms with E-state index in [4.69, 9.17) is 4.74 Å². The van der Waals surface area contributed by atoms with Gasteiger partial charge in [-0.15, -0.1) is 5.10 Å². The van der Waals surface area contributed by atoms with Gasteiger partial charge in [-0.05, 0) is 30.2 Å². The number of hydrogen-bond acceptors (Lipinski definition) is 5. The van der Waals surface area contributed by atoms with Gasteiger partial charge in [0.1, 0.15) is 0 Å². The Bertz CT molecular complexity index is 694. The lowest BCUT2D eigenvalue weighted by Gasteiger charge is -2.35. The van der Waals surface area contributed by atoms with E-state index in [1.807, 2.05) is 12.1 Å². The highest BCUT2D eigenvalue weighted by Gasteiger charge is 2.18. The Morgan fingerprint density at radius 3 is 2.64 bits per heavy atom. The van der Waals surface area contributed by atoms with Crippen LogP contribution in [-0.4, -0.2) is 54.9 Å². The number of methoxy groups -OCH3 is 1. The topological polar surface area (TPSA) is 41.5 Å². The van der Waals surface area contributed by atoms with Gasteiger partial charge in [-0.25, -0.2) is 0 Å². The molecule has 0 unspecified atom stereocenters. The van der Waals surface area contributed by atoms with Crippen LogP contribution in [-0.2, 0) is 11.3 Å². The molecule has 0 amide bonds. The van der Waals surface area contributed by atoms with Crippen molar-refractivity contribution in [1.82, 2.24) is 15.1 Å². The summed E-state index contributed by atoms with van der Waals surface area (Å²) in [5.41, 5.74) is 3.85. The lowest BCUT2D eigenvalue weighted by Crippen LogP contribution is -2.47. The number of anilines is 1. The highest BCUT2D eigenvalue weighted by molar-refractivity contribution is 5.56. The number of aromatic nitrogens is 2. The van der Waals surface area contributed by atoms with Crippen LogP contribution < -0.4 is 4.90 Å². The van der Waals surface area contributed by atoms with Gasteiger partial charge in [0.05, 0.1) is 6.61 Å². The van der Waals surface area contributed by atoms with E-state index in [2.05, 4.69) is 57.3 Å². The summed E-state index contributed by atoms with van der Waals surface area (Å²) in [5.74, 6) is 0.975. The zero-order valence-corrected chi connectivity index (χ0v) is 15.1. The van der Waals surface area contributed by atoms with E-state index in [0.29, 0.717) is 6.61 Å². The van der Waals surface area contributed by atoms with Crippen molar-refractivity contribution in [3.63, 3.8) is 0 Å². The lowest BCUT2D eigenvalue weighted by atomic mass is 10.1. The van der Waals surface area contributed by atoms with Crippen LogP contribution in [0.1, 0.15) is 18.1 Å². The van der Waals surface area contributed by atoms with Crippen LogP contribution in [0, 0.1) is 0 Å². The molecule has 1 saturated heterocycles. The van der Waals surface area contributed by atoms with Gasteiger partial charge in [-0.2, -0.15) is 5.10 Å². The largest absolute Gasteiger partial charge is 0.380 e. The number of nitrogens with zero attached hydrogens (tertiary/aromatic N) is 4. The summed E-state index contributed by atoms with van der Waals surface area (Å²) in [6, 6.07) is 12.4. The van der Waals surface area contributed by atoms with E-state index in [1.54, 1.807) is 13.3 Å². The van der Waals surface area contributed by atoms with Crippen molar-refractivity contribution in [2.75, 3.05) is 44.7 Å². The van der Waals surface area contributed by atoms with Crippen molar-refractivity contribution in [1.29, 1.82) is 0 Å². The van der Waals surface area contributed by atoms with E-state index < -0.39 is 0 Å². The monoisotopic (exact) mass is 338 g/mol. The van der Waals surface area contributed by atoms with Crippen molar-refractivity contribution < 1.29 is 4.74 Å². The SMILES string of the molecule is COCc1ccccc1C=C(C)CN1CCN(c2cccnn2)CC1. The second-order valence-corrected chi connectivity index (χ2v) is 6.47. The zero-order chi connectivity index (χ0) is 17.5. The normalized spacial score (nSPS) is 16.2. The smallest absolute Gasteiger partial charge is 0.151 e. The van der Waals surface area contributed by atoms with Gasteiger partial charge in [0.2, 0.25) is 0 Å². The van der Waals surface area contributed by atoms with Crippen LogP contribution >= 0.6 is 0 Å². The Morgan fingerprint density at radius 2 is 1.92 bits per heavy atom. The average molecular weight is 338 g/mol. The number of hydrogen-bond donors (Lipinski definition) is 0. The molecule has 0 bridgehead atoms. The average Bonchev–Trinajstić information content (AvgIpc) is 2.65. The minimum Gasteiger partial charge on any atom is -0.380 e. The maximum absolute atomic E-state index is 5.30. The van der Waals surface area contributed by atoms with Crippen LogP contribution in [0.5, 0.6) is 0 Å². The molecule has 0 saturated carbocycles. The first-order valence-corrected chi connectivity index (χ1v) is 8.75. The maximum Gasteiger partial charge on any atom is 0.151 e. The first kappa shape index (κ1) is 17.6. The molecule has 0 atom stereocenters. The molecule has 132 valence electrons. The number of piperazine rings is 1. The van der Waals surface area contributed by atoms with Gasteiger partial charge >= 0.3 is 0 Å². The van der Waals surface area contributed by atoms with Gasteiger partial charge in [0.15, 0.2) is 5.82 Å². The van der Waals surface area contributed by atoms with Crippen molar-refractivity contribution in [3.05, 3.63) is 59.3 Å². The third-order valence-electron chi connectivity index (χ3n) is 4.48. The molecule has 2 aromatic rings. The zero-order valence-electron chi connectivity index (χ0n) is 15.1. The predicted molar refractivity (Wildman–Crippen MR) is 101 cm³/mol. The highest BCUT2D eigenvalue weighted by Crippen LogP contribution is 2.16. The number of rotatable bonds is 6. The number of benzene rings is 1. The molecule has 0 spiro atoms. The predicted octanol–water partition coefficient (Wildman–Crippen LogP) is 2.85. The summed E-state index contributed by atoms with van der Waals surface area (Å²) in [5, 5.41) is 8.18. The number of ether oxygens (including phenoxy) is 1. The van der Waals surface area contributed by atoms with Crippen molar-refractivity contribution in [2.24, 2.45) is 0 Å². The third-order valence-corrected chi connectivity index (χ3v) is 4.48. The van der Waals surface area contributed by atoms with Crippen molar-refractivity contribution in [2.45, 2.75) is 13.5 Å². The highest BCUT2D eigenvalue weighted by atomic mass is 16.5. The first-order chi connectivity index (χ1) is 12.3. The van der Waals surface area contributed by atoms with Gasteiger partial charge < -0.3 is 9.64 Å². The summed E-state index contributed by atoms with van der Waals surface area (Å²) in [6.07, 6.45) is 4.00. The summed E-state index contributed by atoms with van der Waals surface area (Å²) in [6.45, 7) is 7.92. The fourth-order valence-corrected chi connectivity index (χ4v) is 3.22. The molecule has 3 rings (SSSR count). The molecule has 1 aliphatic heterocycles. The molecular formula is C20H26N4O. The Kier molecular flexibility index (Phi) is 6.14. The van der Waals surface area contributed by atoms with Crippen molar-refractivity contribution in [3.8, 4) is 0 Å². The summed E-state index contributed by atoms with van der Waals surface area (Å²) in [7, 11) is 1.74. The second-order valence-electron chi connectivity index (χ2n) is 6.47. The quantitative estimate of drug-likeness (QED) is 0.810. The maximum atomic E-state index is 5.30. The van der Waals surface area contributed by atoms with Gasteiger partial charge in [-0.3, -0.25) is 4.90 Å². The molecular weight excluding hydrogens is 312 g/mol. The van der Waals surface area contributed by atoms with E-state index >= 15 is 0 Å². The molecule has 5 nitrogen and oxygen atoms in total. The standard InChI is InChI=1S/C20H26N4O/c1-17(14-18-6-3-4-7-19(18)16-25-2)15-23-10-12-24(13-11-23)20-8-5-9-21-22-20/h3-9,14H,10-13,15-16H2,1-2H3. The Morgan fingerprint density at radius 1 is 1.12 bits per heavy atom. The minimum atomic E-state index is 0.650. The lowest BCUT2D eigenvalue weighted by molar-refractivity contribution is 0.184. The van der Waals surface area contributed by atoms with E-state index in [0.717, 1.165) is 38.5 Å². The van der Waals surface area contributed by atoms with E-state index in [1.165, 1.54) is 16.7 Å². The summed E-state index contributed by atoms with van der Waals surface area (Å²) >= 11 is 0. The van der Waals surface area contributed by atoms with Crippen LogP contribution in [0.2, 0.25) is 0 Å². The Labute approximate surface area is 149 Å². The fourth-order valence-electron chi connectivity index (χ4n) is 3.22. The van der Waals surface area contributed by atoms with Crippen LogP contribution in [0.15, 0.2) is 48.2 Å². The molecule has 0 aliphatic carbocycles. The van der Waals surface area contributed by atoms with Gasteiger partial charge in [0.25, 0.3) is 0 Å². The molecule has 1 aromatic heterocycles. The molecule has 2 heterocycles. The molecule has 0 N–H and O–H groups in total. The molecule has 1 aliphatic rings. The van der Waals surface area contributed by atoms with Crippen LogP contribution in [0.4, 0.5) is 5.82 Å². The van der Waals surface area contributed by atoms with Gasteiger partial charge in [0, 0.05) is 46.0 Å². The van der Waals surface area contributed by atoms with Crippen LogP contribution in [0.25, 0.3) is 6.08 Å². The van der Waals surface area contributed by atoms with Gasteiger partial charge in [-0.1, -0.05) is 35.9 Å². The minimum absolute atomic E-state index is 0.650. The summed E-state index contributed by atoms with van der Waals surface area (Å²) in [4.78, 5) is 4.80. The Hall–Kier alpha value is -2.24. The summed E-state index contributed by atoms with van der Waals surface area (Å²) < 4.78 is 5.30. The molecule has 0 radical (unpaired) electrons.